The number of nitrogens with zero attached hydrogens (tertiary/aromatic N) is 1. The van der Waals surface area contributed by atoms with Crippen molar-refractivity contribution in [2.24, 2.45) is 0 Å². The Kier molecular flexibility index (Phi) is 6.48. The van der Waals surface area contributed by atoms with E-state index in [0.29, 0.717) is 18.1 Å². The van der Waals surface area contributed by atoms with Crippen LogP contribution in [0.2, 0.25) is 5.02 Å². The maximum atomic E-state index is 11.9. The molecule has 2 N–H and O–H groups in total. The zero-order valence-electron chi connectivity index (χ0n) is 11.9. The van der Waals surface area contributed by atoms with Gasteiger partial charge in [-0.3, -0.25) is 15.0 Å². The molecule has 1 atom stereocenters. The van der Waals surface area contributed by atoms with Gasteiger partial charge in [-0.05, 0) is 38.6 Å². The highest BCUT2D eigenvalue weighted by molar-refractivity contribution is 6.30. The third kappa shape index (κ3) is 5.19. The van der Waals surface area contributed by atoms with Crippen molar-refractivity contribution in [3.8, 4) is 0 Å². The number of urea groups is 1. The molecule has 110 valence electrons. The molecular formula is C14H20ClN3O2. The van der Waals surface area contributed by atoms with Gasteiger partial charge in [0.15, 0.2) is 0 Å². The molecule has 1 aromatic rings. The lowest BCUT2D eigenvalue weighted by atomic mass is 10.2. The maximum Gasteiger partial charge on any atom is 0.321 e. The molecule has 0 saturated carbocycles. The minimum atomic E-state index is -0.468. The number of amides is 3. The van der Waals surface area contributed by atoms with Crippen LogP contribution in [0.25, 0.3) is 0 Å². The first-order valence-corrected chi connectivity index (χ1v) is 6.85. The van der Waals surface area contributed by atoms with Gasteiger partial charge >= 0.3 is 6.03 Å². The van der Waals surface area contributed by atoms with Crippen LogP contribution >= 0.6 is 11.6 Å². The highest BCUT2D eigenvalue weighted by Gasteiger charge is 2.19. The zero-order valence-corrected chi connectivity index (χ0v) is 12.7. The minimum absolute atomic E-state index is 0.326. The first-order chi connectivity index (χ1) is 9.43. The molecule has 1 aromatic carbocycles. The second kappa shape index (κ2) is 7.87. The highest BCUT2D eigenvalue weighted by Crippen LogP contribution is 2.12. The van der Waals surface area contributed by atoms with Gasteiger partial charge in [0.1, 0.15) is 0 Å². The maximum absolute atomic E-state index is 11.9. The van der Waals surface area contributed by atoms with Gasteiger partial charge < -0.3 is 5.32 Å². The Bertz CT molecular complexity index is 462. The average molecular weight is 298 g/mol. The molecule has 0 aliphatic heterocycles. The minimum Gasteiger partial charge on any atom is -0.338 e. The van der Waals surface area contributed by atoms with Crippen molar-refractivity contribution in [1.29, 1.82) is 0 Å². The summed E-state index contributed by atoms with van der Waals surface area (Å²) in [5, 5.41) is 5.51. The number of benzene rings is 1. The van der Waals surface area contributed by atoms with Gasteiger partial charge in [0.2, 0.25) is 5.91 Å². The van der Waals surface area contributed by atoms with Crippen LogP contribution < -0.4 is 10.6 Å². The van der Waals surface area contributed by atoms with Gasteiger partial charge in [0.25, 0.3) is 0 Å². The second-order valence-corrected chi connectivity index (χ2v) is 5.00. The quantitative estimate of drug-likeness (QED) is 0.874. The predicted molar refractivity (Wildman–Crippen MR) is 79.6 cm³/mol. The van der Waals surface area contributed by atoms with Crippen molar-refractivity contribution in [2.75, 3.05) is 13.6 Å². The molecule has 6 heteroatoms. The molecule has 3 amide bonds. The third-order valence-electron chi connectivity index (χ3n) is 2.96. The summed E-state index contributed by atoms with van der Waals surface area (Å²) in [7, 11) is 1.83. The second-order valence-electron chi connectivity index (χ2n) is 4.57. The molecule has 0 bridgehead atoms. The number of halogens is 1. The van der Waals surface area contributed by atoms with E-state index in [0.717, 1.165) is 5.56 Å². The van der Waals surface area contributed by atoms with Crippen molar-refractivity contribution in [1.82, 2.24) is 15.5 Å². The topological polar surface area (TPSA) is 61.4 Å². The number of nitrogens with one attached hydrogen (secondary N) is 2. The molecular weight excluding hydrogens is 278 g/mol. The summed E-state index contributed by atoms with van der Waals surface area (Å²) in [6.45, 7) is 4.62. The number of hydrogen-bond acceptors (Lipinski definition) is 3. The van der Waals surface area contributed by atoms with Crippen molar-refractivity contribution in [3.63, 3.8) is 0 Å². The van der Waals surface area contributed by atoms with Gasteiger partial charge in [-0.1, -0.05) is 23.7 Å². The zero-order chi connectivity index (χ0) is 15.1. The van der Waals surface area contributed by atoms with E-state index in [4.69, 9.17) is 11.6 Å². The van der Waals surface area contributed by atoms with Crippen molar-refractivity contribution in [2.45, 2.75) is 26.4 Å². The van der Waals surface area contributed by atoms with Gasteiger partial charge in [0, 0.05) is 18.1 Å². The summed E-state index contributed by atoms with van der Waals surface area (Å²) in [5.41, 5.74) is 1.05. The number of imide groups is 1. The third-order valence-corrected chi connectivity index (χ3v) is 3.21. The highest BCUT2D eigenvalue weighted by atomic mass is 35.5. The van der Waals surface area contributed by atoms with E-state index in [1.54, 1.807) is 13.8 Å². The fourth-order valence-electron chi connectivity index (χ4n) is 1.64. The van der Waals surface area contributed by atoms with Crippen molar-refractivity contribution < 1.29 is 9.59 Å². The van der Waals surface area contributed by atoms with E-state index in [1.165, 1.54) is 0 Å². The Morgan fingerprint density at radius 1 is 1.30 bits per heavy atom. The smallest absolute Gasteiger partial charge is 0.321 e. The van der Waals surface area contributed by atoms with Crippen LogP contribution in [0.4, 0.5) is 4.79 Å². The summed E-state index contributed by atoms with van der Waals surface area (Å²) in [6.07, 6.45) is 0. The predicted octanol–water partition coefficient (Wildman–Crippen LogP) is 2.01. The largest absolute Gasteiger partial charge is 0.338 e. The lowest BCUT2D eigenvalue weighted by Gasteiger charge is -2.23. The molecule has 1 unspecified atom stereocenters. The number of hydrogen-bond donors (Lipinski definition) is 2. The Labute approximate surface area is 124 Å². The summed E-state index contributed by atoms with van der Waals surface area (Å²) >= 11 is 5.83. The number of carbonyl (C=O) groups is 2. The molecule has 0 aromatic heterocycles. The van der Waals surface area contributed by atoms with Crippen molar-refractivity contribution >= 4 is 23.5 Å². The average Bonchev–Trinajstić information content (AvgIpc) is 2.40. The standard InChI is InChI=1S/C14H20ClN3O2/c1-4-16-14(20)17-13(19)10(2)18(3)9-11-5-7-12(15)8-6-11/h5-8,10H,4,9H2,1-3H3,(H2,16,17,19,20). The van der Waals surface area contributed by atoms with Gasteiger partial charge in [-0.15, -0.1) is 0 Å². The van der Waals surface area contributed by atoms with Crippen molar-refractivity contribution in [3.05, 3.63) is 34.9 Å². The lowest BCUT2D eigenvalue weighted by molar-refractivity contribution is -0.124. The van der Waals surface area contributed by atoms with E-state index in [1.807, 2.05) is 36.2 Å². The Hall–Kier alpha value is -1.59. The van der Waals surface area contributed by atoms with Gasteiger partial charge in [0.05, 0.1) is 6.04 Å². The van der Waals surface area contributed by atoms with E-state index in [2.05, 4.69) is 10.6 Å². The van der Waals surface area contributed by atoms with E-state index >= 15 is 0 Å². The normalized spacial score (nSPS) is 12.1. The molecule has 20 heavy (non-hydrogen) atoms. The van der Waals surface area contributed by atoms with Crippen LogP contribution in [0.3, 0.4) is 0 Å². The molecule has 0 aliphatic carbocycles. The summed E-state index contributed by atoms with van der Waals surface area (Å²) < 4.78 is 0. The fraction of sp³-hybridized carbons (Fsp3) is 0.429. The van der Waals surface area contributed by atoms with Crippen LogP contribution in [0.15, 0.2) is 24.3 Å². The molecule has 0 fully saturated rings. The van der Waals surface area contributed by atoms with Crippen LogP contribution in [0, 0.1) is 0 Å². The fourth-order valence-corrected chi connectivity index (χ4v) is 1.76. The first kappa shape index (κ1) is 16.5. The van der Waals surface area contributed by atoms with Crippen LogP contribution in [0.5, 0.6) is 0 Å². The van der Waals surface area contributed by atoms with Crippen LogP contribution in [0.1, 0.15) is 19.4 Å². The summed E-state index contributed by atoms with van der Waals surface area (Å²) in [4.78, 5) is 25.0. The van der Waals surface area contributed by atoms with Crippen LogP contribution in [-0.2, 0) is 11.3 Å². The Balaban J connectivity index is 2.53. The number of rotatable bonds is 5. The molecule has 0 radical (unpaired) electrons. The van der Waals surface area contributed by atoms with Gasteiger partial charge in [-0.2, -0.15) is 0 Å². The molecule has 0 aliphatic rings. The first-order valence-electron chi connectivity index (χ1n) is 6.47. The van der Waals surface area contributed by atoms with Crippen LogP contribution in [-0.4, -0.2) is 36.5 Å². The molecule has 5 nitrogen and oxygen atoms in total. The number of likely N-dealkylation sites (N-methyl/N-ethyl adjacent to an activating group) is 1. The molecule has 0 heterocycles. The van der Waals surface area contributed by atoms with E-state index in [9.17, 15) is 9.59 Å². The SMILES string of the molecule is CCNC(=O)NC(=O)C(C)N(C)Cc1ccc(Cl)cc1. The van der Waals surface area contributed by atoms with E-state index in [-0.39, 0.29) is 5.91 Å². The summed E-state index contributed by atoms with van der Waals surface area (Å²) in [5.74, 6) is -0.326. The van der Waals surface area contributed by atoms with Gasteiger partial charge in [-0.25, -0.2) is 4.79 Å². The Morgan fingerprint density at radius 2 is 1.90 bits per heavy atom. The molecule has 1 rings (SSSR count). The monoisotopic (exact) mass is 297 g/mol. The lowest BCUT2D eigenvalue weighted by Crippen LogP contribution is -2.48. The molecule has 0 saturated heterocycles. The Morgan fingerprint density at radius 3 is 2.45 bits per heavy atom. The summed E-state index contributed by atoms with van der Waals surface area (Å²) in [6, 6.07) is 6.56. The van der Waals surface area contributed by atoms with E-state index < -0.39 is 12.1 Å². The molecule has 0 spiro atoms. The number of carbonyl (C=O) groups excluding carboxylic acids is 2.